The second-order valence-corrected chi connectivity index (χ2v) is 21.0. The molecule has 0 aromatic heterocycles. The number of amides is 1. The minimum absolute atomic E-state index is 0.0411. The third-order valence-corrected chi connectivity index (χ3v) is 17.1. The molecule has 1 amide bonds. The first kappa shape index (κ1) is 23.6. The van der Waals surface area contributed by atoms with E-state index in [1.807, 2.05) is 13.8 Å². The van der Waals surface area contributed by atoms with Gasteiger partial charge in [-0.15, -0.1) is 0 Å². The second kappa shape index (κ2) is 7.17. The summed E-state index contributed by atoms with van der Waals surface area (Å²) in [5.74, 6) is -0.197. The van der Waals surface area contributed by atoms with Gasteiger partial charge in [-0.2, -0.15) is 0 Å². The van der Waals surface area contributed by atoms with E-state index in [0.717, 1.165) is 6.29 Å². The van der Waals surface area contributed by atoms with Crippen molar-refractivity contribution in [1.29, 1.82) is 0 Å². The smallest absolute Gasteiger partial charge is 0.222 e. The van der Waals surface area contributed by atoms with Crippen LogP contribution in [0.1, 0.15) is 55.4 Å². The molecule has 1 aliphatic heterocycles. The van der Waals surface area contributed by atoms with Crippen molar-refractivity contribution in [2.45, 2.75) is 104 Å². The molecule has 0 N–H and O–H groups in total. The van der Waals surface area contributed by atoms with Crippen LogP contribution in [-0.2, 0) is 14.0 Å². The van der Waals surface area contributed by atoms with Crippen molar-refractivity contribution < 1.29 is 14.0 Å². The van der Waals surface area contributed by atoms with Crippen LogP contribution in [0, 0.1) is 11.8 Å². The molecule has 0 aliphatic carbocycles. The molecule has 1 heterocycles. The fraction of sp³-hybridized carbons (Fsp3) is 0.900. The summed E-state index contributed by atoms with van der Waals surface area (Å²) in [5.41, 5.74) is 0. The van der Waals surface area contributed by atoms with E-state index in [4.69, 9.17) is 4.43 Å². The van der Waals surface area contributed by atoms with Gasteiger partial charge in [-0.25, -0.2) is 0 Å². The van der Waals surface area contributed by atoms with Crippen LogP contribution in [0.15, 0.2) is 0 Å². The molecule has 1 saturated heterocycles. The average molecular weight is 400 g/mol. The zero-order chi connectivity index (χ0) is 20.9. The summed E-state index contributed by atoms with van der Waals surface area (Å²) in [7, 11) is -4.00. The monoisotopic (exact) mass is 399 g/mol. The van der Waals surface area contributed by atoms with E-state index < -0.39 is 16.6 Å². The van der Waals surface area contributed by atoms with Crippen molar-refractivity contribution in [2.24, 2.45) is 11.8 Å². The third-order valence-electron chi connectivity index (χ3n) is 7.17. The SMILES string of the molecule is CC(C=O)[C@@H]1[C@@H]([C@@H](C)O[Si](C)(C)C(C)(C)C)C(=O)N1[Si](C)(C)C(C)(C)C. The molecule has 4 nitrogen and oxygen atoms in total. The van der Waals surface area contributed by atoms with Gasteiger partial charge in [-0.05, 0) is 30.1 Å². The molecule has 1 rings (SSSR count). The maximum Gasteiger partial charge on any atom is 0.222 e. The summed E-state index contributed by atoms with van der Waals surface area (Å²) in [6.45, 7) is 26.1. The van der Waals surface area contributed by atoms with E-state index in [9.17, 15) is 9.59 Å². The Bertz CT molecular complexity index is 546. The van der Waals surface area contributed by atoms with E-state index in [2.05, 4.69) is 72.3 Å². The molecule has 152 valence electrons. The Balaban J connectivity index is 3.18. The minimum atomic E-state index is -2.03. The summed E-state index contributed by atoms with van der Waals surface area (Å²) in [5, 5.41) is 0.150. The summed E-state index contributed by atoms with van der Waals surface area (Å²) >= 11 is 0. The first-order chi connectivity index (χ1) is 11.4. The first-order valence-electron chi connectivity index (χ1n) is 9.86. The first-order valence-corrected chi connectivity index (χ1v) is 15.7. The van der Waals surface area contributed by atoms with Crippen LogP contribution < -0.4 is 0 Å². The molecule has 0 aromatic carbocycles. The van der Waals surface area contributed by atoms with Gasteiger partial charge in [-0.1, -0.05) is 61.6 Å². The van der Waals surface area contributed by atoms with Crippen LogP contribution >= 0.6 is 0 Å². The molecule has 0 aromatic rings. The van der Waals surface area contributed by atoms with E-state index >= 15 is 0 Å². The molecular formula is C20H41NO3Si2. The third kappa shape index (κ3) is 4.02. The number of rotatable bonds is 6. The van der Waals surface area contributed by atoms with Gasteiger partial charge in [0, 0.05) is 12.0 Å². The molecule has 6 heteroatoms. The van der Waals surface area contributed by atoms with Crippen molar-refractivity contribution in [2.75, 3.05) is 0 Å². The molecule has 4 atom stereocenters. The van der Waals surface area contributed by atoms with Crippen LogP contribution in [-0.4, -0.2) is 45.5 Å². The fourth-order valence-corrected chi connectivity index (χ4v) is 7.37. The Morgan fingerprint density at radius 3 is 1.81 bits per heavy atom. The van der Waals surface area contributed by atoms with Crippen molar-refractivity contribution >= 4 is 28.7 Å². The lowest BCUT2D eigenvalue weighted by atomic mass is 9.79. The van der Waals surface area contributed by atoms with E-state index in [-0.39, 0.29) is 40.0 Å². The van der Waals surface area contributed by atoms with Crippen LogP contribution in [0.3, 0.4) is 0 Å². The molecule has 1 aliphatic rings. The Hall–Kier alpha value is -0.466. The number of carbonyl (C=O) groups is 2. The van der Waals surface area contributed by atoms with Crippen molar-refractivity contribution in [3.05, 3.63) is 0 Å². The van der Waals surface area contributed by atoms with E-state index in [1.54, 1.807) is 0 Å². The fourth-order valence-electron chi connectivity index (χ4n) is 3.38. The van der Waals surface area contributed by atoms with Gasteiger partial charge in [-0.3, -0.25) is 4.79 Å². The number of nitrogens with zero attached hydrogens (tertiary/aromatic N) is 1. The van der Waals surface area contributed by atoms with Crippen LogP contribution in [0.4, 0.5) is 0 Å². The van der Waals surface area contributed by atoms with Gasteiger partial charge in [0.1, 0.15) is 6.29 Å². The summed E-state index contributed by atoms with van der Waals surface area (Å²) < 4.78 is 8.62. The van der Waals surface area contributed by atoms with Gasteiger partial charge in [0.05, 0.1) is 12.0 Å². The molecule has 1 unspecified atom stereocenters. The highest BCUT2D eigenvalue weighted by Gasteiger charge is 2.60. The number of carbonyl (C=O) groups excluding carboxylic acids is 2. The Kier molecular flexibility index (Phi) is 6.50. The zero-order valence-corrected chi connectivity index (χ0v) is 21.1. The average Bonchev–Trinajstić information content (AvgIpc) is 2.40. The maximum absolute atomic E-state index is 13.2. The molecule has 0 bridgehead atoms. The predicted octanol–water partition coefficient (Wildman–Crippen LogP) is 5.06. The highest BCUT2D eigenvalue weighted by atomic mass is 28.4. The van der Waals surface area contributed by atoms with Crippen LogP contribution in [0.2, 0.25) is 36.3 Å². The number of hydrogen-bond acceptors (Lipinski definition) is 3. The topological polar surface area (TPSA) is 46.6 Å². The van der Waals surface area contributed by atoms with Gasteiger partial charge < -0.3 is 13.8 Å². The zero-order valence-electron chi connectivity index (χ0n) is 19.1. The minimum Gasteiger partial charge on any atom is -0.413 e. The highest BCUT2D eigenvalue weighted by Crippen LogP contribution is 2.48. The summed E-state index contributed by atoms with van der Waals surface area (Å²) in [6.07, 6.45) is 0.848. The molecular weight excluding hydrogens is 358 g/mol. The lowest BCUT2D eigenvalue weighted by Crippen LogP contribution is -2.76. The lowest BCUT2D eigenvalue weighted by molar-refractivity contribution is -0.158. The van der Waals surface area contributed by atoms with Crippen LogP contribution in [0.5, 0.6) is 0 Å². The normalized spacial score (nSPS) is 24.9. The Morgan fingerprint density at radius 2 is 1.46 bits per heavy atom. The van der Waals surface area contributed by atoms with Crippen molar-refractivity contribution in [3.63, 3.8) is 0 Å². The standard InChI is InChI=1S/C20H41NO3Si2/c1-14(13-22)17-16(15(2)24-26(11,12)20(6,7)8)18(23)21(17)25(9,10)19(3,4)5/h13-17H,1-12H3/t14?,15-,16-,17-/m1/s1. The summed E-state index contributed by atoms with van der Waals surface area (Å²) in [6, 6.07) is -0.0411. The number of hydrogen-bond donors (Lipinski definition) is 0. The number of aldehydes is 1. The van der Waals surface area contributed by atoms with Gasteiger partial charge >= 0.3 is 0 Å². The highest BCUT2D eigenvalue weighted by molar-refractivity contribution is 6.80. The molecule has 26 heavy (non-hydrogen) atoms. The lowest BCUT2D eigenvalue weighted by Gasteiger charge is -2.61. The van der Waals surface area contributed by atoms with Gasteiger partial charge in [0.15, 0.2) is 16.6 Å². The largest absolute Gasteiger partial charge is 0.413 e. The van der Waals surface area contributed by atoms with Crippen molar-refractivity contribution in [1.82, 2.24) is 4.57 Å². The molecule has 0 spiro atoms. The molecule has 0 radical (unpaired) electrons. The van der Waals surface area contributed by atoms with Gasteiger partial charge in [0.2, 0.25) is 5.91 Å². The van der Waals surface area contributed by atoms with Gasteiger partial charge in [0.25, 0.3) is 0 Å². The van der Waals surface area contributed by atoms with Crippen molar-refractivity contribution in [3.8, 4) is 0 Å². The van der Waals surface area contributed by atoms with Crippen LogP contribution in [0.25, 0.3) is 0 Å². The Labute approximate surface area is 163 Å². The quantitative estimate of drug-likeness (QED) is 0.356. The second-order valence-electron chi connectivity index (χ2n) is 11.1. The Morgan fingerprint density at radius 1 is 1.00 bits per heavy atom. The summed E-state index contributed by atoms with van der Waals surface area (Å²) in [4.78, 5) is 24.9. The maximum atomic E-state index is 13.2. The molecule has 1 fully saturated rings. The number of β-lactam (4-membered cyclic amide) rings is 1. The van der Waals surface area contributed by atoms with E-state index in [1.165, 1.54) is 0 Å². The van der Waals surface area contributed by atoms with E-state index in [0.29, 0.717) is 0 Å². The molecule has 0 saturated carbocycles. The predicted molar refractivity (Wildman–Crippen MR) is 114 cm³/mol.